The van der Waals surface area contributed by atoms with E-state index in [0.29, 0.717) is 15.6 Å². The number of rotatable bonds is 3. The molecule has 0 unspecified atom stereocenters. The monoisotopic (exact) mass is 361 g/mol. The average Bonchev–Trinajstić information content (AvgIpc) is 2.57. The number of halogens is 3. The van der Waals surface area contributed by atoms with Gasteiger partial charge in [0.1, 0.15) is 12.2 Å². The van der Waals surface area contributed by atoms with Gasteiger partial charge in [0.05, 0.1) is 11.9 Å². The second kappa shape index (κ2) is 6.62. The summed E-state index contributed by atoms with van der Waals surface area (Å²) in [5, 5.41) is 2.99. The Hall–Kier alpha value is -3.16. The Labute approximate surface area is 146 Å². The third kappa shape index (κ3) is 3.74. The van der Waals surface area contributed by atoms with Crippen LogP contribution in [-0.4, -0.2) is 21.6 Å². The third-order valence-corrected chi connectivity index (χ3v) is 3.76. The van der Waals surface area contributed by atoms with Gasteiger partial charge in [-0.05, 0) is 36.6 Å². The number of nitrogens with zero attached hydrogens (tertiary/aromatic N) is 2. The smallest absolute Gasteiger partial charge is 0.319 e. The maximum absolute atomic E-state index is 13.0. The minimum Gasteiger partial charge on any atom is -0.319 e. The van der Waals surface area contributed by atoms with E-state index in [4.69, 9.17) is 0 Å². The Morgan fingerprint density at radius 3 is 2.65 bits per heavy atom. The molecule has 3 aromatic rings. The first-order chi connectivity index (χ1) is 12.2. The van der Waals surface area contributed by atoms with Crippen molar-refractivity contribution in [2.45, 2.75) is 19.6 Å². The molecule has 0 saturated carbocycles. The van der Waals surface area contributed by atoms with Gasteiger partial charge in [0.15, 0.2) is 0 Å². The van der Waals surface area contributed by atoms with Crippen LogP contribution in [-0.2, 0) is 6.54 Å². The molecule has 0 radical (unpaired) electrons. The van der Waals surface area contributed by atoms with E-state index in [9.17, 15) is 22.8 Å². The lowest BCUT2D eigenvalue weighted by molar-refractivity contribution is -0.141. The van der Waals surface area contributed by atoms with Gasteiger partial charge in [-0.3, -0.25) is 19.1 Å². The number of aromatic nitrogens is 2. The van der Waals surface area contributed by atoms with E-state index in [1.165, 1.54) is 24.5 Å². The SMILES string of the molecule is Cc1ccc2cc(C(=O)Nc3cccnc3)n(CC(F)(F)F)c(=O)c2c1. The summed E-state index contributed by atoms with van der Waals surface area (Å²) in [4.78, 5) is 29.0. The van der Waals surface area contributed by atoms with Crippen LogP contribution >= 0.6 is 0 Å². The van der Waals surface area contributed by atoms with Crippen molar-refractivity contribution in [3.05, 3.63) is 70.4 Å². The summed E-state index contributed by atoms with van der Waals surface area (Å²) in [6, 6.07) is 9.23. The minimum atomic E-state index is -4.65. The molecule has 1 aromatic carbocycles. The number of alkyl halides is 3. The van der Waals surface area contributed by atoms with Gasteiger partial charge in [0.25, 0.3) is 11.5 Å². The summed E-state index contributed by atoms with van der Waals surface area (Å²) in [7, 11) is 0. The lowest BCUT2D eigenvalue weighted by atomic mass is 10.1. The van der Waals surface area contributed by atoms with Crippen molar-refractivity contribution >= 4 is 22.4 Å². The van der Waals surface area contributed by atoms with Gasteiger partial charge in [-0.1, -0.05) is 17.7 Å². The molecule has 5 nitrogen and oxygen atoms in total. The summed E-state index contributed by atoms with van der Waals surface area (Å²) < 4.78 is 39.4. The highest BCUT2D eigenvalue weighted by molar-refractivity contribution is 6.05. The Balaban J connectivity index is 2.15. The zero-order valence-corrected chi connectivity index (χ0v) is 13.7. The predicted molar refractivity (Wildman–Crippen MR) is 91.2 cm³/mol. The number of anilines is 1. The first-order valence-electron chi connectivity index (χ1n) is 7.67. The Bertz CT molecular complexity index is 1030. The van der Waals surface area contributed by atoms with Gasteiger partial charge in [-0.25, -0.2) is 0 Å². The van der Waals surface area contributed by atoms with Gasteiger partial charge in [-0.2, -0.15) is 13.2 Å². The summed E-state index contributed by atoms with van der Waals surface area (Å²) in [6.45, 7) is 0.182. The van der Waals surface area contributed by atoms with E-state index in [2.05, 4.69) is 10.3 Å². The maximum Gasteiger partial charge on any atom is 0.406 e. The van der Waals surface area contributed by atoms with Crippen LogP contribution in [0.25, 0.3) is 10.8 Å². The van der Waals surface area contributed by atoms with Gasteiger partial charge in [0, 0.05) is 11.6 Å². The highest BCUT2D eigenvalue weighted by atomic mass is 19.4. The molecule has 1 N–H and O–H groups in total. The fourth-order valence-electron chi connectivity index (χ4n) is 2.62. The lowest BCUT2D eigenvalue weighted by Crippen LogP contribution is -2.33. The summed E-state index contributed by atoms with van der Waals surface area (Å²) in [5.41, 5.74) is -0.180. The molecular formula is C18H14F3N3O2. The van der Waals surface area contributed by atoms with Gasteiger partial charge in [-0.15, -0.1) is 0 Å². The number of fused-ring (bicyclic) bond motifs is 1. The van der Waals surface area contributed by atoms with Crippen molar-refractivity contribution in [3.63, 3.8) is 0 Å². The molecule has 0 aliphatic heterocycles. The number of carbonyl (C=O) groups is 1. The molecule has 134 valence electrons. The Morgan fingerprint density at radius 2 is 2.00 bits per heavy atom. The number of hydrogen-bond donors (Lipinski definition) is 1. The summed E-state index contributed by atoms with van der Waals surface area (Å²) >= 11 is 0. The zero-order chi connectivity index (χ0) is 18.9. The molecule has 2 aromatic heterocycles. The van der Waals surface area contributed by atoms with E-state index in [0.717, 1.165) is 5.56 Å². The topological polar surface area (TPSA) is 64.0 Å². The predicted octanol–water partition coefficient (Wildman–Crippen LogP) is 3.52. The van der Waals surface area contributed by atoms with Crippen LogP contribution in [0.5, 0.6) is 0 Å². The standard InChI is InChI=1S/C18H14F3N3O2/c1-11-4-5-12-8-15(16(25)23-13-3-2-6-22-9-13)24(10-18(19,20)21)17(26)14(12)7-11/h2-9H,10H2,1H3,(H,23,25). The normalized spacial score (nSPS) is 11.5. The van der Waals surface area contributed by atoms with Crippen molar-refractivity contribution in [2.24, 2.45) is 0 Å². The van der Waals surface area contributed by atoms with Crippen molar-refractivity contribution in [2.75, 3.05) is 5.32 Å². The van der Waals surface area contributed by atoms with Gasteiger partial charge >= 0.3 is 6.18 Å². The van der Waals surface area contributed by atoms with Gasteiger partial charge in [0.2, 0.25) is 0 Å². The number of hydrogen-bond acceptors (Lipinski definition) is 3. The van der Waals surface area contributed by atoms with Crippen LogP contribution in [0.4, 0.5) is 18.9 Å². The summed E-state index contributed by atoms with van der Waals surface area (Å²) in [5.74, 6) is -0.818. The molecule has 1 amide bonds. The molecular weight excluding hydrogens is 347 g/mol. The van der Waals surface area contributed by atoms with E-state index in [1.54, 1.807) is 31.2 Å². The average molecular weight is 361 g/mol. The molecule has 2 heterocycles. The van der Waals surface area contributed by atoms with Crippen LogP contribution in [0.15, 0.2) is 53.6 Å². The molecule has 0 bridgehead atoms. The largest absolute Gasteiger partial charge is 0.406 e. The van der Waals surface area contributed by atoms with Crippen molar-refractivity contribution < 1.29 is 18.0 Å². The first-order valence-corrected chi connectivity index (χ1v) is 7.67. The van der Waals surface area contributed by atoms with Crippen LogP contribution in [0, 0.1) is 6.92 Å². The molecule has 0 aliphatic carbocycles. The second-order valence-corrected chi connectivity index (χ2v) is 5.82. The number of amides is 1. The molecule has 0 saturated heterocycles. The molecule has 0 atom stereocenters. The van der Waals surface area contributed by atoms with Crippen molar-refractivity contribution in [3.8, 4) is 0 Å². The Morgan fingerprint density at radius 1 is 1.23 bits per heavy atom. The molecule has 0 fully saturated rings. The maximum atomic E-state index is 13.0. The fraction of sp³-hybridized carbons (Fsp3) is 0.167. The van der Waals surface area contributed by atoms with Crippen molar-refractivity contribution in [1.82, 2.24) is 9.55 Å². The van der Waals surface area contributed by atoms with E-state index < -0.39 is 24.2 Å². The van der Waals surface area contributed by atoms with E-state index in [1.807, 2.05) is 0 Å². The molecule has 0 aliphatic rings. The second-order valence-electron chi connectivity index (χ2n) is 5.82. The molecule has 26 heavy (non-hydrogen) atoms. The molecule has 0 spiro atoms. The van der Waals surface area contributed by atoms with Crippen LogP contribution in [0.2, 0.25) is 0 Å². The minimum absolute atomic E-state index is 0.132. The zero-order valence-electron chi connectivity index (χ0n) is 13.7. The highest BCUT2D eigenvalue weighted by Gasteiger charge is 2.31. The van der Waals surface area contributed by atoms with Gasteiger partial charge < -0.3 is 5.32 Å². The summed E-state index contributed by atoms with van der Waals surface area (Å²) in [6.07, 6.45) is -1.80. The van der Waals surface area contributed by atoms with Crippen molar-refractivity contribution in [1.29, 1.82) is 0 Å². The Kier molecular flexibility index (Phi) is 4.50. The lowest BCUT2D eigenvalue weighted by Gasteiger charge is -2.16. The van der Waals surface area contributed by atoms with Crippen LogP contribution in [0.3, 0.4) is 0 Å². The molecule has 3 rings (SSSR count). The fourth-order valence-corrected chi connectivity index (χ4v) is 2.62. The number of carbonyl (C=O) groups excluding carboxylic acids is 1. The number of benzene rings is 1. The number of pyridine rings is 2. The molecule has 8 heteroatoms. The van der Waals surface area contributed by atoms with Crippen LogP contribution < -0.4 is 10.9 Å². The van der Waals surface area contributed by atoms with E-state index >= 15 is 0 Å². The van der Waals surface area contributed by atoms with Crippen LogP contribution in [0.1, 0.15) is 16.1 Å². The third-order valence-electron chi connectivity index (χ3n) is 3.76. The van der Waals surface area contributed by atoms with E-state index in [-0.39, 0.29) is 11.1 Å². The number of nitrogens with one attached hydrogen (secondary N) is 1. The quantitative estimate of drug-likeness (QED) is 0.776. The first kappa shape index (κ1) is 17.7. The highest BCUT2D eigenvalue weighted by Crippen LogP contribution is 2.21. The number of aryl methyl sites for hydroxylation is 1.